The van der Waals surface area contributed by atoms with Crippen LogP contribution in [-0.4, -0.2) is 30.4 Å². The summed E-state index contributed by atoms with van der Waals surface area (Å²) in [5.74, 6) is 0.132. The van der Waals surface area contributed by atoms with E-state index in [1.54, 1.807) is 4.90 Å². The molecule has 0 spiro atoms. The summed E-state index contributed by atoms with van der Waals surface area (Å²) in [5, 5.41) is 0. The van der Waals surface area contributed by atoms with E-state index in [0.717, 1.165) is 19.4 Å². The molecule has 2 N–H and O–H groups in total. The maximum atomic E-state index is 11.6. The van der Waals surface area contributed by atoms with Crippen molar-refractivity contribution < 1.29 is 4.79 Å². The molecular formula is C14H22N2O. The van der Waals surface area contributed by atoms with Gasteiger partial charge in [-0.1, -0.05) is 30.3 Å². The summed E-state index contributed by atoms with van der Waals surface area (Å²) in [5.41, 5.74) is 6.92. The first-order valence-electron chi connectivity index (χ1n) is 6.13. The molecule has 1 aromatic carbocycles. The van der Waals surface area contributed by atoms with Gasteiger partial charge in [-0.2, -0.15) is 0 Å². The number of nitrogens with zero attached hydrogens (tertiary/aromatic N) is 1. The molecule has 0 saturated heterocycles. The highest BCUT2D eigenvalue weighted by Gasteiger charge is 2.10. The van der Waals surface area contributed by atoms with Gasteiger partial charge in [-0.3, -0.25) is 4.79 Å². The lowest BCUT2D eigenvalue weighted by atomic mass is 10.1. The van der Waals surface area contributed by atoms with Gasteiger partial charge in [-0.05, 0) is 25.3 Å². The van der Waals surface area contributed by atoms with E-state index in [-0.39, 0.29) is 11.9 Å². The van der Waals surface area contributed by atoms with E-state index in [2.05, 4.69) is 12.1 Å². The van der Waals surface area contributed by atoms with Gasteiger partial charge < -0.3 is 10.6 Å². The maximum Gasteiger partial charge on any atom is 0.223 e. The van der Waals surface area contributed by atoms with Gasteiger partial charge >= 0.3 is 0 Å². The van der Waals surface area contributed by atoms with Crippen LogP contribution >= 0.6 is 0 Å². The molecule has 0 radical (unpaired) electrons. The lowest BCUT2D eigenvalue weighted by Gasteiger charge is -2.18. The fourth-order valence-electron chi connectivity index (χ4n) is 1.72. The van der Waals surface area contributed by atoms with Crippen molar-refractivity contribution in [1.29, 1.82) is 0 Å². The first-order chi connectivity index (χ1) is 8.09. The third kappa shape index (κ3) is 5.50. The number of benzene rings is 1. The largest absolute Gasteiger partial charge is 0.346 e. The summed E-state index contributed by atoms with van der Waals surface area (Å²) < 4.78 is 0. The summed E-state index contributed by atoms with van der Waals surface area (Å²) >= 11 is 0. The van der Waals surface area contributed by atoms with E-state index >= 15 is 0 Å². The third-order valence-corrected chi connectivity index (χ3v) is 2.72. The summed E-state index contributed by atoms with van der Waals surface area (Å²) in [6.07, 6.45) is 2.43. The van der Waals surface area contributed by atoms with Crippen molar-refractivity contribution in [2.24, 2.45) is 5.73 Å². The Balaban J connectivity index is 2.24. The average Bonchev–Trinajstić information content (AvgIpc) is 2.29. The van der Waals surface area contributed by atoms with E-state index in [9.17, 15) is 4.79 Å². The standard InChI is InChI=1S/C14H22N2O/c1-12(15)11-14(17)16(2)10-6-9-13-7-4-3-5-8-13/h3-5,7-8,12H,6,9-11,15H2,1-2H3. The first kappa shape index (κ1) is 13.7. The third-order valence-electron chi connectivity index (χ3n) is 2.72. The van der Waals surface area contributed by atoms with Crippen LogP contribution in [0.2, 0.25) is 0 Å². The first-order valence-corrected chi connectivity index (χ1v) is 6.13. The number of amides is 1. The minimum absolute atomic E-state index is 0.0564. The second-order valence-corrected chi connectivity index (χ2v) is 4.59. The highest BCUT2D eigenvalue weighted by atomic mass is 16.2. The van der Waals surface area contributed by atoms with Gasteiger partial charge in [0.05, 0.1) is 0 Å². The van der Waals surface area contributed by atoms with Crippen molar-refractivity contribution >= 4 is 5.91 Å². The van der Waals surface area contributed by atoms with E-state index in [0.29, 0.717) is 6.42 Å². The van der Waals surface area contributed by atoms with Gasteiger partial charge in [0.1, 0.15) is 0 Å². The van der Waals surface area contributed by atoms with Crippen LogP contribution < -0.4 is 5.73 Å². The monoisotopic (exact) mass is 234 g/mol. The molecule has 3 nitrogen and oxygen atoms in total. The highest BCUT2D eigenvalue weighted by Crippen LogP contribution is 2.04. The van der Waals surface area contributed by atoms with Crippen LogP contribution in [0.5, 0.6) is 0 Å². The Morgan fingerprint density at radius 3 is 2.59 bits per heavy atom. The lowest BCUT2D eigenvalue weighted by Crippen LogP contribution is -2.32. The van der Waals surface area contributed by atoms with Crippen molar-refractivity contribution in [2.75, 3.05) is 13.6 Å². The van der Waals surface area contributed by atoms with Gasteiger partial charge in [0.2, 0.25) is 5.91 Å². The molecule has 0 aliphatic heterocycles. The normalized spacial score (nSPS) is 12.2. The van der Waals surface area contributed by atoms with E-state index in [1.807, 2.05) is 32.2 Å². The fraction of sp³-hybridized carbons (Fsp3) is 0.500. The number of hydrogen-bond donors (Lipinski definition) is 1. The maximum absolute atomic E-state index is 11.6. The number of hydrogen-bond acceptors (Lipinski definition) is 2. The highest BCUT2D eigenvalue weighted by molar-refractivity contribution is 5.76. The Labute approximate surface area is 104 Å². The van der Waals surface area contributed by atoms with E-state index in [4.69, 9.17) is 5.73 Å². The molecule has 1 atom stereocenters. The van der Waals surface area contributed by atoms with Crippen molar-refractivity contribution in [3.05, 3.63) is 35.9 Å². The summed E-state index contributed by atoms with van der Waals surface area (Å²) in [7, 11) is 1.84. The van der Waals surface area contributed by atoms with Crippen molar-refractivity contribution in [3.63, 3.8) is 0 Å². The number of rotatable bonds is 6. The molecule has 0 heterocycles. The molecule has 0 aromatic heterocycles. The number of carbonyl (C=O) groups excluding carboxylic acids is 1. The zero-order chi connectivity index (χ0) is 12.7. The molecule has 1 amide bonds. The Morgan fingerprint density at radius 1 is 1.35 bits per heavy atom. The molecule has 1 unspecified atom stereocenters. The average molecular weight is 234 g/mol. The second-order valence-electron chi connectivity index (χ2n) is 4.59. The second kappa shape index (κ2) is 7.07. The van der Waals surface area contributed by atoms with Crippen LogP contribution in [0.25, 0.3) is 0 Å². The zero-order valence-electron chi connectivity index (χ0n) is 10.7. The molecule has 0 fully saturated rings. The quantitative estimate of drug-likeness (QED) is 0.816. The molecule has 1 rings (SSSR count). The smallest absolute Gasteiger partial charge is 0.223 e. The van der Waals surface area contributed by atoms with Gasteiger partial charge in [-0.15, -0.1) is 0 Å². The molecule has 1 aromatic rings. The Morgan fingerprint density at radius 2 is 2.00 bits per heavy atom. The minimum Gasteiger partial charge on any atom is -0.346 e. The van der Waals surface area contributed by atoms with Crippen molar-refractivity contribution in [3.8, 4) is 0 Å². The molecule has 0 saturated carbocycles. The Kier molecular flexibility index (Phi) is 5.70. The SMILES string of the molecule is CC(N)CC(=O)N(C)CCCc1ccccc1. The zero-order valence-corrected chi connectivity index (χ0v) is 10.7. The van der Waals surface area contributed by atoms with Crippen LogP contribution in [0, 0.1) is 0 Å². The molecule has 94 valence electrons. The van der Waals surface area contributed by atoms with Gasteiger partial charge in [0, 0.05) is 26.1 Å². The van der Waals surface area contributed by atoms with Crippen LogP contribution in [0.1, 0.15) is 25.3 Å². The molecule has 0 aliphatic rings. The van der Waals surface area contributed by atoms with Crippen LogP contribution in [0.15, 0.2) is 30.3 Å². The number of aryl methyl sites for hydroxylation is 1. The van der Waals surface area contributed by atoms with Gasteiger partial charge in [0.25, 0.3) is 0 Å². The number of nitrogens with two attached hydrogens (primary N) is 1. The van der Waals surface area contributed by atoms with Crippen LogP contribution in [0.4, 0.5) is 0 Å². The van der Waals surface area contributed by atoms with Crippen molar-refractivity contribution in [2.45, 2.75) is 32.2 Å². The van der Waals surface area contributed by atoms with E-state index < -0.39 is 0 Å². The predicted octanol–water partition coefficient (Wildman–Crippen LogP) is 1.81. The van der Waals surface area contributed by atoms with Crippen LogP contribution in [0.3, 0.4) is 0 Å². The van der Waals surface area contributed by atoms with Gasteiger partial charge in [0.15, 0.2) is 0 Å². The number of carbonyl (C=O) groups is 1. The molecular weight excluding hydrogens is 212 g/mol. The summed E-state index contributed by atoms with van der Waals surface area (Å²) in [6, 6.07) is 10.3. The molecule has 0 bridgehead atoms. The Bertz CT molecular complexity index is 335. The minimum atomic E-state index is -0.0564. The molecule has 0 aliphatic carbocycles. The summed E-state index contributed by atoms with van der Waals surface area (Å²) in [4.78, 5) is 13.4. The molecule has 17 heavy (non-hydrogen) atoms. The van der Waals surface area contributed by atoms with Crippen molar-refractivity contribution in [1.82, 2.24) is 4.90 Å². The van der Waals surface area contributed by atoms with Crippen LogP contribution in [-0.2, 0) is 11.2 Å². The lowest BCUT2D eigenvalue weighted by molar-refractivity contribution is -0.130. The summed E-state index contributed by atoms with van der Waals surface area (Å²) in [6.45, 7) is 2.65. The van der Waals surface area contributed by atoms with E-state index in [1.165, 1.54) is 5.56 Å². The predicted molar refractivity (Wildman–Crippen MR) is 70.7 cm³/mol. The molecule has 3 heteroatoms. The topological polar surface area (TPSA) is 46.3 Å². The fourth-order valence-corrected chi connectivity index (χ4v) is 1.72. The van der Waals surface area contributed by atoms with Gasteiger partial charge in [-0.25, -0.2) is 0 Å². The Hall–Kier alpha value is -1.35.